The van der Waals surface area contributed by atoms with Crippen molar-refractivity contribution in [3.8, 4) is 11.5 Å². The zero-order chi connectivity index (χ0) is 18.7. The topological polar surface area (TPSA) is 49.8 Å². The van der Waals surface area contributed by atoms with Gasteiger partial charge in [0.25, 0.3) is 5.91 Å². The molecule has 1 N–H and O–H groups in total. The van der Waals surface area contributed by atoms with Crippen molar-refractivity contribution in [2.45, 2.75) is 13.2 Å². The fourth-order valence-electron chi connectivity index (χ4n) is 2.09. The third kappa shape index (κ3) is 4.66. The Labute approximate surface area is 157 Å². The normalized spacial score (nSPS) is 10.8. The molecule has 134 valence electrons. The Balaban J connectivity index is 2.19. The first-order chi connectivity index (χ1) is 11.7. The zero-order valence-corrected chi connectivity index (χ0v) is 15.0. The fraction of sp³-hybridized carbons (Fsp3) is 0.188. The van der Waals surface area contributed by atoms with Gasteiger partial charge in [0.05, 0.1) is 15.1 Å². The minimum absolute atomic E-state index is 0.00930. The molecule has 0 fully saturated rings. The number of ether oxygens (including phenoxy) is 1. The van der Waals surface area contributed by atoms with E-state index < -0.39 is 18.3 Å². The molecule has 0 atom stereocenters. The number of carbonyl (C=O) groups excluding carboxylic acids is 1. The first-order valence-electron chi connectivity index (χ1n) is 6.86. The molecule has 0 radical (unpaired) electrons. The summed E-state index contributed by atoms with van der Waals surface area (Å²) in [5.41, 5.74) is 0.445. The maximum Gasteiger partial charge on any atom is 0.387 e. The van der Waals surface area contributed by atoms with Gasteiger partial charge in [-0.1, -0.05) is 46.9 Å². The van der Waals surface area contributed by atoms with Crippen LogP contribution in [0.4, 0.5) is 8.78 Å². The van der Waals surface area contributed by atoms with Gasteiger partial charge in [0.1, 0.15) is 17.1 Å². The fourth-order valence-corrected chi connectivity index (χ4v) is 2.78. The molecule has 4 nitrogen and oxygen atoms in total. The number of hydrogen-bond donors (Lipinski definition) is 1. The van der Waals surface area contributed by atoms with Gasteiger partial charge in [0.2, 0.25) is 0 Å². The molecule has 0 aliphatic heterocycles. The molecule has 0 spiro atoms. The summed E-state index contributed by atoms with van der Waals surface area (Å²) in [6, 6.07) is 7.03. The van der Waals surface area contributed by atoms with Crippen molar-refractivity contribution >= 4 is 40.7 Å². The molecule has 0 heterocycles. The Bertz CT molecular complexity index is 759. The number of hydrogen-bond acceptors (Lipinski definition) is 3. The molecule has 2 aromatic rings. The highest BCUT2D eigenvalue weighted by atomic mass is 35.5. The number of rotatable bonds is 5. The van der Waals surface area contributed by atoms with Gasteiger partial charge < -0.3 is 14.7 Å². The van der Waals surface area contributed by atoms with Crippen molar-refractivity contribution in [2.24, 2.45) is 0 Å². The maximum atomic E-state index is 12.5. The third-order valence-corrected chi connectivity index (χ3v) is 4.35. The van der Waals surface area contributed by atoms with Gasteiger partial charge in [-0.15, -0.1) is 0 Å². The van der Waals surface area contributed by atoms with Crippen LogP contribution in [-0.4, -0.2) is 29.6 Å². The summed E-state index contributed by atoms with van der Waals surface area (Å²) in [5, 5.41) is 9.83. The van der Waals surface area contributed by atoms with Gasteiger partial charge in [-0.2, -0.15) is 8.78 Å². The van der Waals surface area contributed by atoms with E-state index in [2.05, 4.69) is 4.74 Å². The second-order valence-corrected chi connectivity index (χ2v) is 6.25. The molecule has 1 amide bonds. The van der Waals surface area contributed by atoms with Crippen LogP contribution in [0.25, 0.3) is 0 Å². The van der Waals surface area contributed by atoms with Crippen molar-refractivity contribution in [1.29, 1.82) is 0 Å². The van der Waals surface area contributed by atoms with E-state index in [0.717, 1.165) is 0 Å². The smallest absolute Gasteiger partial charge is 0.387 e. The molecule has 0 bridgehead atoms. The lowest BCUT2D eigenvalue weighted by Gasteiger charge is -2.19. The van der Waals surface area contributed by atoms with Crippen LogP contribution in [0.5, 0.6) is 11.5 Å². The largest absolute Gasteiger partial charge is 0.505 e. The van der Waals surface area contributed by atoms with Crippen LogP contribution in [0.2, 0.25) is 15.1 Å². The Morgan fingerprint density at radius 1 is 1.20 bits per heavy atom. The van der Waals surface area contributed by atoms with Crippen molar-refractivity contribution < 1.29 is 23.4 Å². The van der Waals surface area contributed by atoms with Crippen molar-refractivity contribution in [2.75, 3.05) is 7.05 Å². The van der Waals surface area contributed by atoms with Crippen molar-refractivity contribution in [3.63, 3.8) is 0 Å². The summed E-state index contributed by atoms with van der Waals surface area (Å²) in [7, 11) is 1.48. The monoisotopic (exact) mass is 409 g/mol. The SMILES string of the molecule is CN(Cc1ccc(OC(F)F)cc1)C(=O)c1c(O)c(Cl)cc(Cl)c1Cl. The van der Waals surface area contributed by atoms with E-state index in [-0.39, 0.29) is 32.9 Å². The first kappa shape index (κ1) is 19.6. The lowest BCUT2D eigenvalue weighted by molar-refractivity contribution is -0.0498. The average Bonchev–Trinajstić information content (AvgIpc) is 2.54. The molecule has 2 aromatic carbocycles. The van der Waals surface area contributed by atoms with Crippen LogP contribution >= 0.6 is 34.8 Å². The molecule has 0 unspecified atom stereocenters. The van der Waals surface area contributed by atoms with Crippen molar-refractivity contribution in [3.05, 3.63) is 56.5 Å². The van der Waals surface area contributed by atoms with E-state index >= 15 is 0 Å². The minimum Gasteiger partial charge on any atom is -0.505 e. The van der Waals surface area contributed by atoms with Gasteiger partial charge in [-0.3, -0.25) is 4.79 Å². The number of benzene rings is 2. The molecule has 2 rings (SSSR count). The number of halogens is 5. The van der Waals surface area contributed by atoms with Crippen LogP contribution in [0.15, 0.2) is 30.3 Å². The number of phenols is 1. The van der Waals surface area contributed by atoms with Crippen LogP contribution in [0.3, 0.4) is 0 Å². The standard InChI is InChI=1S/C16H12Cl3F2NO3/c1-22(7-8-2-4-9(5-3-8)25-16(20)21)15(24)12-13(19)10(17)6-11(18)14(12)23/h2-6,16,23H,7H2,1H3. The lowest BCUT2D eigenvalue weighted by atomic mass is 10.1. The molecular formula is C16H12Cl3F2NO3. The number of carbonyl (C=O) groups is 1. The van der Waals surface area contributed by atoms with Gasteiger partial charge >= 0.3 is 6.61 Å². The molecule has 0 aliphatic rings. The molecule has 0 aliphatic carbocycles. The predicted octanol–water partition coefficient (Wildman–Crippen LogP) is 5.23. The van der Waals surface area contributed by atoms with Crippen LogP contribution in [0.1, 0.15) is 15.9 Å². The molecule has 0 aromatic heterocycles. The Morgan fingerprint density at radius 3 is 2.36 bits per heavy atom. The lowest BCUT2D eigenvalue weighted by Crippen LogP contribution is -2.26. The molecular weight excluding hydrogens is 399 g/mol. The second kappa shape index (κ2) is 8.08. The van der Waals surface area contributed by atoms with E-state index in [4.69, 9.17) is 34.8 Å². The molecule has 0 saturated carbocycles. The Morgan fingerprint density at radius 2 is 1.80 bits per heavy atom. The summed E-state index contributed by atoms with van der Waals surface area (Å²) in [4.78, 5) is 13.8. The first-order valence-corrected chi connectivity index (χ1v) is 7.99. The highest BCUT2D eigenvalue weighted by molar-refractivity contribution is 6.45. The van der Waals surface area contributed by atoms with Crippen LogP contribution in [0, 0.1) is 0 Å². The van der Waals surface area contributed by atoms with E-state index in [9.17, 15) is 18.7 Å². The molecule has 9 heteroatoms. The number of phenolic OH excluding ortho intramolecular Hbond substituents is 1. The average molecular weight is 411 g/mol. The zero-order valence-electron chi connectivity index (χ0n) is 12.8. The van der Waals surface area contributed by atoms with Gasteiger partial charge in [-0.25, -0.2) is 0 Å². The predicted molar refractivity (Wildman–Crippen MR) is 92.0 cm³/mol. The Hall–Kier alpha value is -1.76. The van der Waals surface area contributed by atoms with Gasteiger partial charge in [0, 0.05) is 13.6 Å². The quantitative estimate of drug-likeness (QED) is 0.687. The van der Waals surface area contributed by atoms with Gasteiger partial charge in [-0.05, 0) is 23.8 Å². The highest BCUT2D eigenvalue weighted by Crippen LogP contribution is 2.39. The maximum absolute atomic E-state index is 12.5. The minimum atomic E-state index is -2.91. The Kier molecular flexibility index (Phi) is 6.32. The number of alkyl halides is 2. The summed E-state index contributed by atoms with van der Waals surface area (Å²) in [6.45, 7) is -2.78. The van der Waals surface area contributed by atoms with E-state index in [1.807, 2.05) is 0 Å². The summed E-state index contributed by atoms with van der Waals surface area (Å²) in [6.07, 6.45) is 0. The summed E-state index contributed by atoms with van der Waals surface area (Å²) >= 11 is 17.7. The number of nitrogens with zero attached hydrogens (tertiary/aromatic N) is 1. The van der Waals surface area contributed by atoms with Crippen molar-refractivity contribution in [1.82, 2.24) is 4.90 Å². The third-order valence-electron chi connectivity index (χ3n) is 3.27. The van der Waals surface area contributed by atoms with Gasteiger partial charge in [0.15, 0.2) is 0 Å². The van der Waals surface area contributed by atoms with E-state index in [1.165, 1.54) is 42.3 Å². The second-order valence-electron chi connectivity index (χ2n) is 5.06. The highest BCUT2D eigenvalue weighted by Gasteiger charge is 2.24. The van der Waals surface area contributed by atoms with E-state index in [1.54, 1.807) is 0 Å². The molecule has 25 heavy (non-hydrogen) atoms. The molecule has 0 saturated heterocycles. The van der Waals surface area contributed by atoms with Crippen LogP contribution in [-0.2, 0) is 6.54 Å². The van der Waals surface area contributed by atoms with Crippen LogP contribution < -0.4 is 4.74 Å². The summed E-state index contributed by atoms with van der Waals surface area (Å²) < 4.78 is 28.5. The number of amides is 1. The summed E-state index contributed by atoms with van der Waals surface area (Å²) in [5.74, 6) is -1.05. The number of aromatic hydroxyl groups is 1. The van der Waals surface area contributed by atoms with E-state index in [0.29, 0.717) is 5.56 Å².